The second kappa shape index (κ2) is 8.22. The molecule has 0 radical (unpaired) electrons. The van der Waals surface area contributed by atoms with Crippen molar-refractivity contribution < 1.29 is 24.2 Å². The van der Waals surface area contributed by atoms with E-state index in [1.165, 1.54) is 4.90 Å². The largest absolute Gasteiger partial charge is 0.507 e. The Morgan fingerprint density at radius 2 is 1.73 bits per heavy atom. The highest BCUT2D eigenvalue weighted by molar-refractivity contribution is 6.46. The number of fused-ring (bicyclic) bond motifs is 1. The highest BCUT2D eigenvalue weighted by atomic mass is 16.6. The van der Waals surface area contributed by atoms with Crippen LogP contribution in [0.25, 0.3) is 5.76 Å². The molecule has 1 fully saturated rings. The van der Waals surface area contributed by atoms with Gasteiger partial charge in [-0.3, -0.25) is 9.59 Å². The average molecular weight is 407 g/mol. The second-order valence-corrected chi connectivity index (χ2v) is 7.45. The van der Waals surface area contributed by atoms with Gasteiger partial charge < -0.3 is 19.5 Å². The Bertz CT molecular complexity index is 1010. The van der Waals surface area contributed by atoms with E-state index in [-0.39, 0.29) is 11.3 Å². The Labute approximate surface area is 175 Å². The van der Waals surface area contributed by atoms with Crippen molar-refractivity contribution in [3.8, 4) is 11.5 Å². The molecule has 1 saturated heterocycles. The Kier molecular flexibility index (Phi) is 5.48. The van der Waals surface area contributed by atoms with Crippen molar-refractivity contribution in [2.75, 3.05) is 19.8 Å². The van der Waals surface area contributed by atoms with Gasteiger partial charge in [0.1, 0.15) is 19.0 Å². The molecule has 6 nitrogen and oxygen atoms in total. The molecule has 0 spiro atoms. The number of likely N-dealkylation sites (tertiary alicyclic amines) is 1. The van der Waals surface area contributed by atoms with Gasteiger partial charge in [-0.05, 0) is 36.1 Å². The monoisotopic (exact) mass is 407 g/mol. The molecular formula is C24H25NO5. The van der Waals surface area contributed by atoms with Gasteiger partial charge in [0.05, 0.1) is 11.6 Å². The quantitative estimate of drug-likeness (QED) is 0.463. The highest BCUT2D eigenvalue weighted by Crippen LogP contribution is 2.42. The van der Waals surface area contributed by atoms with Gasteiger partial charge in [0.25, 0.3) is 11.7 Å². The Balaban J connectivity index is 1.84. The third-order valence-corrected chi connectivity index (χ3v) is 5.52. The number of aliphatic hydroxyl groups excluding tert-OH is 1. The number of carbonyl (C=O) groups is 2. The molecular weight excluding hydrogens is 382 g/mol. The van der Waals surface area contributed by atoms with E-state index >= 15 is 0 Å². The van der Waals surface area contributed by atoms with Crippen LogP contribution in [0.5, 0.6) is 11.5 Å². The molecule has 1 amide bonds. The maximum absolute atomic E-state index is 12.9. The summed E-state index contributed by atoms with van der Waals surface area (Å²) in [5, 5.41) is 11.1. The predicted molar refractivity (Wildman–Crippen MR) is 113 cm³/mol. The lowest BCUT2D eigenvalue weighted by atomic mass is 9.94. The molecule has 6 heteroatoms. The van der Waals surface area contributed by atoms with Crippen molar-refractivity contribution in [1.82, 2.24) is 4.90 Å². The minimum absolute atomic E-state index is 0.106. The van der Waals surface area contributed by atoms with Crippen LogP contribution in [-0.2, 0) is 16.0 Å². The molecule has 1 unspecified atom stereocenters. The first-order valence-corrected chi connectivity index (χ1v) is 10.3. The smallest absolute Gasteiger partial charge is 0.295 e. The molecule has 2 aromatic carbocycles. The van der Waals surface area contributed by atoms with Crippen LogP contribution in [0.3, 0.4) is 0 Å². The molecule has 0 saturated carbocycles. The Hall–Kier alpha value is -3.28. The number of rotatable bonds is 5. The Morgan fingerprint density at radius 1 is 1.03 bits per heavy atom. The van der Waals surface area contributed by atoms with Crippen LogP contribution in [0.4, 0.5) is 0 Å². The first-order chi connectivity index (χ1) is 14.5. The van der Waals surface area contributed by atoms with E-state index in [0.29, 0.717) is 48.8 Å². The van der Waals surface area contributed by atoms with Gasteiger partial charge in [0, 0.05) is 12.1 Å². The fraction of sp³-hybridized carbons (Fsp3) is 0.333. The number of nitrogens with zero attached hydrogens (tertiary/aromatic N) is 1. The van der Waals surface area contributed by atoms with Crippen molar-refractivity contribution in [3.63, 3.8) is 0 Å². The van der Waals surface area contributed by atoms with Gasteiger partial charge in [-0.15, -0.1) is 0 Å². The summed E-state index contributed by atoms with van der Waals surface area (Å²) in [6.45, 7) is 5.33. The number of ether oxygens (including phenoxy) is 2. The van der Waals surface area contributed by atoms with Crippen LogP contribution < -0.4 is 9.47 Å². The summed E-state index contributed by atoms with van der Waals surface area (Å²) in [5.74, 6) is -0.209. The average Bonchev–Trinajstić information content (AvgIpc) is 3.03. The fourth-order valence-corrected chi connectivity index (χ4v) is 3.98. The van der Waals surface area contributed by atoms with E-state index in [1.807, 2.05) is 32.0 Å². The summed E-state index contributed by atoms with van der Waals surface area (Å²) in [6, 6.07) is 12.1. The number of aryl methyl sites for hydroxylation is 1. The van der Waals surface area contributed by atoms with Crippen molar-refractivity contribution >= 4 is 17.4 Å². The molecule has 2 heterocycles. The summed E-state index contributed by atoms with van der Waals surface area (Å²) < 4.78 is 11.3. The standard InChI is InChI=1S/C24H25NO5/c1-3-11-25-21(17-9-10-18-19(14-17)30-13-12-29-18)20(23(27)24(25)28)22(26)16-7-5-15(4-2)6-8-16/h5-10,14,21,26H,3-4,11-13H2,1-2H3/b22-20+. The number of hydrogen-bond donors (Lipinski definition) is 1. The molecule has 2 aromatic rings. The first-order valence-electron chi connectivity index (χ1n) is 10.3. The maximum Gasteiger partial charge on any atom is 0.295 e. The fourth-order valence-electron chi connectivity index (χ4n) is 3.98. The van der Waals surface area contributed by atoms with Gasteiger partial charge in [0.2, 0.25) is 0 Å². The van der Waals surface area contributed by atoms with Gasteiger partial charge in [-0.1, -0.05) is 44.2 Å². The molecule has 4 rings (SSSR count). The van der Waals surface area contributed by atoms with Crippen LogP contribution in [0.1, 0.15) is 43.0 Å². The molecule has 1 atom stereocenters. The molecule has 1 N–H and O–H groups in total. The van der Waals surface area contributed by atoms with Crippen LogP contribution in [0.2, 0.25) is 0 Å². The minimum Gasteiger partial charge on any atom is -0.507 e. The Morgan fingerprint density at radius 3 is 2.40 bits per heavy atom. The number of aliphatic hydroxyl groups is 1. The number of amides is 1. The van der Waals surface area contributed by atoms with Gasteiger partial charge in [0.15, 0.2) is 11.5 Å². The van der Waals surface area contributed by atoms with Gasteiger partial charge in [-0.2, -0.15) is 0 Å². The van der Waals surface area contributed by atoms with Crippen LogP contribution in [-0.4, -0.2) is 41.5 Å². The summed E-state index contributed by atoms with van der Waals surface area (Å²) in [6.07, 6.45) is 1.57. The molecule has 30 heavy (non-hydrogen) atoms. The zero-order valence-electron chi connectivity index (χ0n) is 17.2. The van der Waals surface area contributed by atoms with Gasteiger partial charge >= 0.3 is 0 Å². The SMILES string of the molecule is CCCN1C(=O)C(=O)/C(=C(/O)c2ccc(CC)cc2)C1c1ccc2c(c1)OCCO2. The van der Waals surface area contributed by atoms with Crippen molar-refractivity contribution in [3.05, 3.63) is 64.7 Å². The molecule has 0 bridgehead atoms. The molecule has 2 aliphatic heterocycles. The van der Waals surface area contributed by atoms with E-state index in [4.69, 9.17) is 9.47 Å². The second-order valence-electron chi connectivity index (χ2n) is 7.45. The maximum atomic E-state index is 12.9. The molecule has 156 valence electrons. The third kappa shape index (κ3) is 3.43. The topological polar surface area (TPSA) is 76.1 Å². The normalized spacial score (nSPS) is 19.9. The lowest BCUT2D eigenvalue weighted by molar-refractivity contribution is -0.139. The molecule has 0 aliphatic carbocycles. The van der Waals surface area contributed by atoms with Gasteiger partial charge in [-0.25, -0.2) is 0 Å². The van der Waals surface area contributed by atoms with E-state index in [2.05, 4.69) is 0 Å². The number of benzene rings is 2. The third-order valence-electron chi connectivity index (χ3n) is 5.52. The van der Waals surface area contributed by atoms with Crippen molar-refractivity contribution in [2.45, 2.75) is 32.7 Å². The number of carbonyl (C=O) groups excluding carboxylic acids is 2. The zero-order valence-corrected chi connectivity index (χ0v) is 17.2. The van der Waals surface area contributed by atoms with Crippen LogP contribution in [0, 0.1) is 0 Å². The summed E-state index contributed by atoms with van der Waals surface area (Å²) >= 11 is 0. The number of ketones is 1. The minimum atomic E-state index is -0.674. The number of Topliss-reactive ketones (excluding diaryl/α,β-unsaturated/α-hetero) is 1. The predicted octanol–water partition coefficient (Wildman–Crippen LogP) is 3.85. The van der Waals surface area contributed by atoms with Crippen LogP contribution in [0.15, 0.2) is 48.0 Å². The van der Waals surface area contributed by atoms with Crippen molar-refractivity contribution in [1.29, 1.82) is 0 Å². The number of hydrogen-bond acceptors (Lipinski definition) is 5. The summed E-state index contributed by atoms with van der Waals surface area (Å²) in [7, 11) is 0. The van der Waals surface area contributed by atoms with E-state index < -0.39 is 17.7 Å². The van der Waals surface area contributed by atoms with E-state index in [9.17, 15) is 14.7 Å². The van der Waals surface area contributed by atoms with Crippen LogP contribution >= 0.6 is 0 Å². The molecule has 0 aromatic heterocycles. The lowest BCUT2D eigenvalue weighted by Crippen LogP contribution is -2.30. The van der Waals surface area contributed by atoms with Crippen molar-refractivity contribution in [2.24, 2.45) is 0 Å². The lowest BCUT2D eigenvalue weighted by Gasteiger charge is -2.26. The first kappa shape index (κ1) is 20.0. The summed E-state index contributed by atoms with van der Waals surface area (Å²) in [4.78, 5) is 27.3. The van der Waals surface area contributed by atoms with E-state index in [1.54, 1.807) is 24.3 Å². The summed E-state index contributed by atoms with van der Waals surface area (Å²) in [5.41, 5.74) is 2.46. The molecule has 2 aliphatic rings. The van der Waals surface area contributed by atoms with E-state index in [0.717, 1.165) is 12.0 Å². The highest BCUT2D eigenvalue weighted by Gasteiger charge is 2.45. The zero-order chi connectivity index (χ0) is 21.3.